The Kier molecular flexibility index (Phi) is 3.54. The smallest absolute Gasteiger partial charge is 0.134 e. The van der Waals surface area contributed by atoms with E-state index in [0.29, 0.717) is 24.0 Å². The quantitative estimate of drug-likeness (QED) is 0.848. The van der Waals surface area contributed by atoms with Gasteiger partial charge in [0.15, 0.2) is 0 Å². The van der Waals surface area contributed by atoms with Crippen molar-refractivity contribution >= 4 is 0 Å². The first-order valence-electron chi connectivity index (χ1n) is 6.34. The Morgan fingerprint density at radius 2 is 2.29 bits per heavy atom. The van der Waals surface area contributed by atoms with E-state index in [1.807, 2.05) is 19.1 Å². The van der Waals surface area contributed by atoms with Crippen LogP contribution in [0.1, 0.15) is 56.7 Å². The largest absolute Gasteiger partial charge is 0.463 e. The molecule has 0 spiro atoms. The van der Waals surface area contributed by atoms with Crippen LogP contribution in [-0.4, -0.2) is 5.11 Å². The topological polar surface area (TPSA) is 57.2 Å². The SMILES string of the molecule is CCCC(C#N)C(O)c1ccc(C2CC2C)o1. The van der Waals surface area contributed by atoms with Crippen LogP contribution in [0.25, 0.3) is 0 Å². The molecule has 1 aromatic heterocycles. The molecule has 1 heterocycles. The number of aliphatic hydroxyl groups is 1. The lowest BCUT2D eigenvalue weighted by Gasteiger charge is -2.13. The van der Waals surface area contributed by atoms with Gasteiger partial charge in [-0.3, -0.25) is 0 Å². The van der Waals surface area contributed by atoms with E-state index in [0.717, 1.165) is 12.2 Å². The van der Waals surface area contributed by atoms with Crippen LogP contribution in [0.15, 0.2) is 16.5 Å². The number of aliphatic hydroxyl groups excluding tert-OH is 1. The normalized spacial score (nSPS) is 26.2. The van der Waals surface area contributed by atoms with Gasteiger partial charge in [0.1, 0.15) is 17.6 Å². The Labute approximate surface area is 102 Å². The Hall–Kier alpha value is -1.27. The first kappa shape index (κ1) is 12.2. The average molecular weight is 233 g/mol. The first-order valence-corrected chi connectivity index (χ1v) is 6.34. The second-order valence-electron chi connectivity index (χ2n) is 5.03. The molecule has 3 heteroatoms. The zero-order valence-electron chi connectivity index (χ0n) is 10.4. The molecule has 0 aliphatic heterocycles. The van der Waals surface area contributed by atoms with Crippen LogP contribution < -0.4 is 0 Å². The Bertz CT molecular complexity index is 418. The van der Waals surface area contributed by atoms with Gasteiger partial charge in [0.25, 0.3) is 0 Å². The molecule has 1 aliphatic rings. The van der Waals surface area contributed by atoms with Gasteiger partial charge in [-0.15, -0.1) is 0 Å². The summed E-state index contributed by atoms with van der Waals surface area (Å²) in [6, 6.07) is 5.90. The molecule has 0 amide bonds. The Morgan fingerprint density at radius 3 is 2.82 bits per heavy atom. The molecule has 17 heavy (non-hydrogen) atoms. The van der Waals surface area contributed by atoms with E-state index in [1.54, 1.807) is 0 Å². The summed E-state index contributed by atoms with van der Waals surface area (Å²) in [5.41, 5.74) is 0. The lowest BCUT2D eigenvalue weighted by molar-refractivity contribution is 0.104. The van der Waals surface area contributed by atoms with Gasteiger partial charge in [0.2, 0.25) is 0 Å². The molecule has 1 fully saturated rings. The number of hydrogen-bond donors (Lipinski definition) is 1. The minimum absolute atomic E-state index is 0.365. The van der Waals surface area contributed by atoms with Crippen molar-refractivity contribution in [1.82, 2.24) is 0 Å². The number of nitrogens with zero attached hydrogens (tertiary/aromatic N) is 1. The molecule has 1 aliphatic carbocycles. The van der Waals surface area contributed by atoms with Gasteiger partial charge in [0.05, 0.1) is 12.0 Å². The molecule has 2 rings (SSSR count). The summed E-state index contributed by atoms with van der Waals surface area (Å²) in [5.74, 6) is 2.34. The van der Waals surface area contributed by atoms with Crippen molar-refractivity contribution in [2.24, 2.45) is 11.8 Å². The van der Waals surface area contributed by atoms with Crippen molar-refractivity contribution < 1.29 is 9.52 Å². The van der Waals surface area contributed by atoms with Crippen LogP contribution in [0.2, 0.25) is 0 Å². The van der Waals surface area contributed by atoms with E-state index < -0.39 is 6.10 Å². The molecular weight excluding hydrogens is 214 g/mol. The van der Waals surface area contributed by atoms with Crippen molar-refractivity contribution in [2.75, 3.05) is 0 Å². The molecule has 1 aromatic rings. The molecule has 0 saturated heterocycles. The summed E-state index contributed by atoms with van der Waals surface area (Å²) < 4.78 is 5.67. The first-order chi connectivity index (χ1) is 8.17. The predicted octanol–water partition coefficient (Wildman–Crippen LogP) is 3.38. The van der Waals surface area contributed by atoms with Gasteiger partial charge in [-0.2, -0.15) is 5.26 Å². The number of furan rings is 1. The third kappa shape index (κ3) is 2.53. The molecular formula is C14H19NO2. The summed E-state index contributed by atoms with van der Waals surface area (Å²) in [6.45, 7) is 4.20. The second kappa shape index (κ2) is 4.93. The molecule has 0 bridgehead atoms. The molecule has 0 aromatic carbocycles. The lowest BCUT2D eigenvalue weighted by Crippen LogP contribution is -2.09. The molecule has 0 radical (unpaired) electrons. The van der Waals surface area contributed by atoms with E-state index in [9.17, 15) is 5.11 Å². The van der Waals surface area contributed by atoms with E-state index >= 15 is 0 Å². The van der Waals surface area contributed by atoms with Crippen LogP contribution in [-0.2, 0) is 0 Å². The van der Waals surface area contributed by atoms with Gasteiger partial charge < -0.3 is 9.52 Å². The van der Waals surface area contributed by atoms with Gasteiger partial charge in [-0.05, 0) is 30.9 Å². The predicted molar refractivity (Wildman–Crippen MR) is 64.2 cm³/mol. The second-order valence-corrected chi connectivity index (χ2v) is 5.03. The Balaban J connectivity index is 2.06. The maximum Gasteiger partial charge on any atom is 0.134 e. The molecule has 4 unspecified atom stereocenters. The Morgan fingerprint density at radius 1 is 1.59 bits per heavy atom. The molecule has 1 N–H and O–H groups in total. The van der Waals surface area contributed by atoms with Gasteiger partial charge in [-0.25, -0.2) is 0 Å². The summed E-state index contributed by atoms with van der Waals surface area (Å²) >= 11 is 0. The van der Waals surface area contributed by atoms with Crippen molar-refractivity contribution in [3.05, 3.63) is 23.7 Å². The van der Waals surface area contributed by atoms with Gasteiger partial charge >= 0.3 is 0 Å². The van der Waals surface area contributed by atoms with Crippen LogP contribution in [0, 0.1) is 23.2 Å². The highest BCUT2D eigenvalue weighted by Gasteiger charge is 2.37. The third-order valence-corrected chi connectivity index (χ3v) is 3.56. The van der Waals surface area contributed by atoms with Crippen molar-refractivity contribution in [1.29, 1.82) is 5.26 Å². The van der Waals surface area contributed by atoms with Crippen LogP contribution in [0.3, 0.4) is 0 Å². The highest BCUT2D eigenvalue weighted by atomic mass is 16.4. The maximum atomic E-state index is 10.1. The summed E-state index contributed by atoms with van der Waals surface area (Å²) in [5, 5.41) is 19.1. The van der Waals surface area contributed by atoms with Crippen LogP contribution >= 0.6 is 0 Å². The highest BCUT2D eigenvalue weighted by molar-refractivity contribution is 5.19. The van der Waals surface area contributed by atoms with Crippen molar-refractivity contribution in [3.8, 4) is 6.07 Å². The van der Waals surface area contributed by atoms with Crippen molar-refractivity contribution in [2.45, 2.75) is 45.1 Å². The molecule has 92 valence electrons. The fraction of sp³-hybridized carbons (Fsp3) is 0.643. The number of hydrogen-bond acceptors (Lipinski definition) is 3. The number of rotatable bonds is 5. The minimum Gasteiger partial charge on any atom is -0.463 e. The van der Waals surface area contributed by atoms with Crippen LogP contribution in [0.5, 0.6) is 0 Å². The number of nitriles is 1. The fourth-order valence-electron chi connectivity index (χ4n) is 2.25. The van der Waals surface area contributed by atoms with Gasteiger partial charge in [-0.1, -0.05) is 20.3 Å². The average Bonchev–Trinajstić information content (AvgIpc) is 2.87. The third-order valence-electron chi connectivity index (χ3n) is 3.56. The molecule has 1 saturated carbocycles. The van der Waals surface area contributed by atoms with E-state index in [4.69, 9.17) is 9.68 Å². The molecule has 4 atom stereocenters. The lowest BCUT2D eigenvalue weighted by atomic mass is 9.97. The van der Waals surface area contributed by atoms with E-state index in [1.165, 1.54) is 6.42 Å². The van der Waals surface area contributed by atoms with Crippen molar-refractivity contribution in [3.63, 3.8) is 0 Å². The minimum atomic E-state index is -0.789. The van der Waals surface area contributed by atoms with Gasteiger partial charge in [0, 0.05) is 5.92 Å². The zero-order chi connectivity index (χ0) is 12.4. The van der Waals surface area contributed by atoms with Crippen LogP contribution in [0.4, 0.5) is 0 Å². The summed E-state index contributed by atoms with van der Waals surface area (Å²) in [6.07, 6.45) is 1.97. The molecule has 3 nitrogen and oxygen atoms in total. The standard InChI is InChI=1S/C14H19NO2/c1-3-4-10(8-15)14(16)13-6-5-12(17-13)11-7-9(11)2/h5-6,9-11,14,16H,3-4,7H2,1-2H3. The zero-order valence-corrected chi connectivity index (χ0v) is 10.4. The summed E-state index contributed by atoms with van der Waals surface area (Å²) in [4.78, 5) is 0. The fourth-order valence-corrected chi connectivity index (χ4v) is 2.25. The maximum absolute atomic E-state index is 10.1. The monoisotopic (exact) mass is 233 g/mol. The summed E-state index contributed by atoms with van der Waals surface area (Å²) in [7, 11) is 0. The van der Waals surface area contributed by atoms with E-state index in [-0.39, 0.29) is 5.92 Å². The highest BCUT2D eigenvalue weighted by Crippen LogP contribution is 2.47. The van der Waals surface area contributed by atoms with E-state index in [2.05, 4.69) is 13.0 Å².